The van der Waals surface area contributed by atoms with Crippen LogP contribution >= 0.6 is 35.3 Å². The highest BCUT2D eigenvalue weighted by atomic mass is 32.2. The van der Waals surface area contributed by atoms with Crippen molar-refractivity contribution in [2.75, 3.05) is 84.8 Å². The van der Waals surface area contributed by atoms with Crippen LogP contribution in [0.5, 0.6) is 0 Å². The fraction of sp³-hybridized carbons (Fsp3) is 0.536. The second kappa shape index (κ2) is 43.3. The zero-order valence-electron chi connectivity index (χ0n) is 49.1. The van der Waals surface area contributed by atoms with Crippen LogP contribution in [0.15, 0.2) is 94.7 Å². The number of carbonyl (C=O) groups excluding carboxylic acids is 9. The topological polar surface area (TPSA) is 367 Å². The van der Waals surface area contributed by atoms with Crippen molar-refractivity contribution in [2.24, 2.45) is 10.8 Å². The third-order valence-electron chi connectivity index (χ3n) is 12.2. The summed E-state index contributed by atoms with van der Waals surface area (Å²) in [4.78, 5) is 151. The van der Waals surface area contributed by atoms with Crippen molar-refractivity contribution in [3.63, 3.8) is 0 Å². The Kier molecular flexibility index (Phi) is 37.2. The van der Waals surface area contributed by atoms with Gasteiger partial charge in [-0.2, -0.15) is 5.10 Å². The maximum Gasteiger partial charge on any atom is 0.407 e. The quantitative estimate of drug-likeness (QED) is 0.0174. The Morgan fingerprint density at radius 1 is 0.443 bits per heavy atom. The second-order valence-electron chi connectivity index (χ2n) is 19.2. The van der Waals surface area contributed by atoms with E-state index >= 15 is 0 Å². The third kappa shape index (κ3) is 30.8. The van der Waals surface area contributed by atoms with Gasteiger partial charge < -0.3 is 58.6 Å². The first-order valence-electron chi connectivity index (χ1n) is 27.8. The first-order valence-corrected chi connectivity index (χ1v) is 30.0. The molecule has 0 saturated heterocycles. The molecule has 0 aliphatic rings. The highest BCUT2D eigenvalue weighted by molar-refractivity contribution is 8.01. The Morgan fingerprint density at radius 2 is 0.716 bits per heavy atom. The molecule has 0 unspecified atom stereocenters. The lowest BCUT2D eigenvalue weighted by Gasteiger charge is -2.31. The zero-order chi connectivity index (χ0) is 65.2. The smallest absolute Gasteiger partial charge is 0.407 e. The van der Waals surface area contributed by atoms with E-state index in [1.54, 1.807) is 0 Å². The Balaban J connectivity index is 2.08. The molecule has 2 aromatic rings. The Morgan fingerprint density at radius 3 is 0.989 bits per heavy atom. The summed E-state index contributed by atoms with van der Waals surface area (Å²) in [6.07, 6.45) is 8.75. The van der Waals surface area contributed by atoms with Crippen LogP contribution in [0.3, 0.4) is 0 Å². The number of thioether (sulfide) groups is 1. The van der Waals surface area contributed by atoms with Crippen LogP contribution < -0.4 is 33.0 Å². The molecular formula is C56H78N8O21S3. The van der Waals surface area contributed by atoms with E-state index in [2.05, 4.69) is 65.6 Å². The molecule has 2 heterocycles. The zero-order valence-corrected chi connectivity index (χ0v) is 51.5. The van der Waals surface area contributed by atoms with Crippen molar-refractivity contribution in [3.8, 4) is 0 Å². The minimum atomic E-state index is -1.53. The normalized spacial score (nSPS) is 10.9. The number of alkyl carbamates (subject to hydrolysis) is 3. The number of H-pyrrole nitrogens is 1. The van der Waals surface area contributed by atoms with Gasteiger partial charge in [0, 0.05) is 81.5 Å². The van der Waals surface area contributed by atoms with E-state index in [4.69, 9.17) is 54.8 Å². The van der Waals surface area contributed by atoms with Crippen molar-refractivity contribution in [1.29, 1.82) is 0 Å². The largest absolute Gasteiger partial charge is 0.462 e. The molecule has 0 fully saturated rings. The summed E-state index contributed by atoms with van der Waals surface area (Å²) >= 11 is 7.73. The SMILES string of the molecule is C=CC(=O)OCC(COC(=O)C=C)(COC(=O)C=C)COC(=O)NCCCCCCn1c(=O)n(CCCCCCNC(=O)OCCSc2n[nH]c(=S)s2)c(=O)n(CCCCCCNC(=O)OCC(COC(=O)C=C)(COC(=O)C=C)COC(=O)C=C)c1=O. The molecule has 3 amide bonds. The first kappa shape index (κ1) is 75.7. The molecule has 0 aliphatic carbocycles. The average Bonchev–Trinajstić information content (AvgIpc) is 1.36. The minimum absolute atomic E-state index is 0.0144. The number of nitrogens with zero attached hydrogens (tertiary/aromatic N) is 4. The fourth-order valence-corrected chi connectivity index (χ4v) is 9.37. The van der Waals surface area contributed by atoms with Gasteiger partial charge in [-0.25, -0.2) is 71.2 Å². The lowest BCUT2D eigenvalue weighted by molar-refractivity contribution is -0.161. The summed E-state index contributed by atoms with van der Waals surface area (Å²) in [5.74, 6) is -4.59. The van der Waals surface area contributed by atoms with Crippen molar-refractivity contribution in [1.82, 2.24) is 39.8 Å². The third-order valence-corrected chi connectivity index (χ3v) is 14.4. The molecule has 486 valence electrons. The maximum atomic E-state index is 13.9. The Labute approximate surface area is 520 Å². The Bertz CT molecular complexity index is 2680. The van der Waals surface area contributed by atoms with Gasteiger partial charge in [0.1, 0.15) is 70.3 Å². The van der Waals surface area contributed by atoms with Crippen LogP contribution in [-0.2, 0) is 91.0 Å². The number of ether oxygens (including phenoxy) is 9. The highest BCUT2D eigenvalue weighted by Gasteiger charge is 2.39. The molecule has 0 saturated carbocycles. The lowest BCUT2D eigenvalue weighted by atomic mass is 9.92. The van der Waals surface area contributed by atoms with E-state index in [1.165, 1.54) is 23.1 Å². The van der Waals surface area contributed by atoms with Gasteiger partial charge in [0.15, 0.2) is 8.29 Å². The summed E-state index contributed by atoms with van der Waals surface area (Å²) in [6.45, 7) is 16.6. The molecule has 4 N–H and O–H groups in total. The summed E-state index contributed by atoms with van der Waals surface area (Å²) in [6, 6.07) is 0. The predicted molar refractivity (Wildman–Crippen MR) is 323 cm³/mol. The van der Waals surface area contributed by atoms with Gasteiger partial charge in [-0.05, 0) is 50.7 Å². The van der Waals surface area contributed by atoms with Gasteiger partial charge in [0.05, 0.1) is 0 Å². The van der Waals surface area contributed by atoms with E-state index in [9.17, 15) is 57.5 Å². The molecule has 0 aliphatic heterocycles. The summed E-state index contributed by atoms with van der Waals surface area (Å²) in [7, 11) is 0. The van der Waals surface area contributed by atoms with Crippen LogP contribution in [0.1, 0.15) is 77.0 Å². The molecule has 0 atom stereocenters. The molecule has 0 radical (unpaired) electrons. The van der Waals surface area contributed by atoms with Crippen LogP contribution in [-0.4, -0.2) is 163 Å². The van der Waals surface area contributed by atoms with E-state index < -0.39 is 135 Å². The van der Waals surface area contributed by atoms with Gasteiger partial charge in [-0.15, -0.1) is 0 Å². The van der Waals surface area contributed by atoms with E-state index in [1.807, 2.05) is 0 Å². The second-order valence-corrected chi connectivity index (χ2v) is 22.2. The Hall–Kier alpha value is -8.39. The monoisotopic (exact) mass is 1290 g/mol. The molecule has 32 heteroatoms. The predicted octanol–water partition coefficient (Wildman–Crippen LogP) is 4.69. The summed E-state index contributed by atoms with van der Waals surface area (Å²) < 4.78 is 51.2. The van der Waals surface area contributed by atoms with Gasteiger partial charge in [0.25, 0.3) is 0 Å². The molecule has 2 rings (SSSR count). The van der Waals surface area contributed by atoms with E-state index in [0.29, 0.717) is 93.3 Å². The van der Waals surface area contributed by atoms with Crippen molar-refractivity contribution >= 4 is 89.4 Å². The summed E-state index contributed by atoms with van der Waals surface area (Å²) in [5, 5.41) is 14.6. The number of unbranched alkanes of at least 4 members (excludes halogenated alkanes) is 9. The van der Waals surface area contributed by atoms with Crippen LogP contribution in [0, 0.1) is 14.8 Å². The van der Waals surface area contributed by atoms with Gasteiger partial charge >= 0.3 is 71.2 Å². The van der Waals surface area contributed by atoms with Crippen molar-refractivity contribution < 1.29 is 85.8 Å². The van der Waals surface area contributed by atoms with Crippen molar-refractivity contribution in [3.05, 3.63) is 111 Å². The fourth-order valence-electron chi connectivity index (χ4n) is 7.40. The number of amides is 3. The number of aromatic nitrogens is 5. The molecule has 0 aromatic carbocycles. The van der Waals surface area contributed by atoms with Crippen LogP contribution in [0.2, 0.25) is 0 Å². The number of aromatic amines is 1. The van der Waals surface area contributed by atoms with E-state index in [-0.39, 0.29) is 39.3 Å². The highest BCUT2D eigenvalue weighted by Crippen LogP contribution is 2.24. The number of hydrogen-bond donors (Lipinski definition) is 4. The van der Waals surface area contributed by atoms with Crippen LogP contribution in [0.25, 0.3) is 0 Å². The molecule has 29 nitrogen and oxygen atoms in total. The van der Waals surface area contributed by atoms with Gasteiger partial charge in [-0.3, -0.25) is 5.10 Å². The van der Waals surface area contributed by atoms with Crippen molar-refractivity contribution in [2.45, 2.75) is 101 Å². The molecular weight excluding hydrogens is 1220 g/mol. The van der Waals surface area contributed by atoms with Crippen LogP contribution in [0.4, 0.5) is 14.4 Å². The lowest BCUT2D eigenvalue weighted by Crippen LogP contribution is -2.54. The molecule has 88 heavy (non-hydrogen) atoms. The number of esters is 6. The standard InChI is InChI=1S/C56H78N8O21S3/c1-7-41(65)78-33-55(34-79-42(66)8-2,35-80-43(67)9-3)39-84-48(72)58-26-20-14-17-23-29-63-52(74)62(28-22-16-13-19-25-57-47(71)77-31-32-87-51-61-60-50(86)88-51)53(75)64(54(63)76)30-24-18-15-21-27-59-49(73)85-40-56(36-81-44(68)10-4,37-82-45(69)11-5)38-83-46(70)12-6/h7-12H,1-6,13-40H2,(H,57,71)(H,58,72)(H,59,73)(H,60,86). The maximum absolute atomic E-state index is 13.9. The minimum Gasteiger partial charge on any atom is -0.462 e. The number of carbonyl (C=O) groups is 9. The number of rotatable bonds is 47. The van der Waals surface area contributed by atoms with Gasteiger partial charge in [0.2, 0.25) is 0 Å². The number of nitrogens with one attached hydrogen (secondary N) is 4. The van der Waals surface area contributed by atoms with E-state index in [0.717, 1.165) is 54.5 Å². The first-order chi connectivity index (χ1) is 42.2. The molecule has 2 aromatic heterocycles. The summed E-state index contributed by atoms with van der Waals surface area (Å²) in [5.41, 5.74) is -5.39. The number of hydrogen-bond acceptors (Lipinski definition) is 25. The molecule has 0 bridgehead atoms. The van der Waals surface area contributed by atoms with Gasteiger partial charge in [-0.1, -0.05) is 101 Å². The molecule has 0 spiro atoms. The average molecular weight is 1300 g/mol.